The maximum Gasteiger partial charge on any atom is 0.143 e. The molecule has 0 saturated heterocycles. The SMILES string of the molecule is Cn1ccnc1CC(=O)C1CCCCCCC1. The number of ketones is 1. The standard InChI is InChI=1S/C14H22N2O/c1-16-10-9-15-14(16)11-13(17)12-7-5-3-2-4-6-8-12/h9-10,12H,2-8,11H2,1H3. The number of aromatic nitrogens is 2. The average molecular weight is 234 g/mol. The molecule has 0 N–H and O–H groups in total. The highest BCUT2D eigenvalue weighted by molar-refractivity contribution is 5.82. The highest BCUT2D eigenvalue weighted by Crippen LogP contribution is 2.23. The molecule has 0 aromatic carbocycles. The first-order valence-electron chi connectivity index (χ1n) is 6.76. The number of aryl methyl sites for hydroxylation is 1. The van der Waals surface area contributed by atoms with Crippen molar-refractivity contribution in [3.63, 3.8) is 0 Å². The monoisotopic (exact) mass is 234 g/mol. The molecule has 3 nitrogen and oxygen atoms in total. The van der Waals surface area contributed by atoms with Crippen LogP contribution in [0.3, 0.4) is 0 Å². The lowest BCUT2D eigenvalue weighted by molar-refractivity contribution is -0.122. The average Bonchev–Trinajstić information content (AvgIpc) is 2.63. The van der Waals surface area contributed by atoms with E-state index in [0.29, 0.717) is 12.2 Å². The third kappa shape index (κ3) is 3.42. The largest absolute Gasteiger partial charge is 0.338 e. The molecule has 3 heteroatoms. The van der Waals surface area contributed by atoms with Crippen molar-refractivity contribution in [2.75, 3.05) is 0 Å². The highest BCUT2D eigenvalue weighted by atomic mass is 16.1. The molecule has 1 aliphatic rings. The van der Waals surface area contributed by atoms with Crippen LogP contribution >= 0.6 is 0 Å². The Morgan fingerprint density at radius 3 is 2.53 bits per heavy atom. The van der Waals surface area contributed by atoms with Crippen LogP contribution in [0.15, 0.2) is 12.4 Å². The second-order valence-corrected chi connectivity index (χ2v) is 5.14. The predicted octanol–water partition coefficient (Wildman–Crippen LogP) is 2.89. The summed E-state index contributed by atoms with van der Waals surface area (Å²) < 4.78 is 1.95. The van der Waals surface area contributed by atoms with Crippen LogP contribution in [0.4, 0.5) is 0 Å². The van der Waals surface area contributed by atoms with Crippen molar-refractivity contribution in [1.82, 2.24) is 9.55 Å². The summed E-state index contributed by atoms with van der Waals surface area (Å²) in [4.78, 5) is 16.5. The van der Waals surface area contributed by atoms with Crippen molar-refractivity contribution in [3.05, 3.63) is 18.2 Å². The summed E-state index contributed by atoms with van der Waals surface area (Å²) in [5.41, 5.74) is 0. The van der Waals surface area contributed by atoms with E-state index in [1.54, 1.807) is 6.20 Å². The van der Waals surface area contributed by atoms with Crippen LogP contribution in [0.1, 0.15) is 50.8 Å². The van der Waals surface area contributed by atoms with Gasteiger partial charge in [0, 0.05) is 25.4 Å². The van der Waals surface area contributed by atoms with Gasteiger partial charge in [-0.15, -0.1) is 0 Å². The first-order valence-corrected chi connectivity index (χ1v) is 6.76. The topological polar surface area (TPSA) is 34.9 Å². The summed E-state index contributed by atoms with van der Waals surface area (Å²) in [6.45, 7) is 0. The molecule has 0 bridgehead atoms. The molecule has 0 amide bonds. The fraction of sp³-hybridized carbons (Fsp3) is 0.714. The van der Waals surface area contributed by atoms with Crippen LogP contribution in [0, 0.1) is 5.92 Å². The van der Waals surface area contributed by atoms with Crippen molar-refractivity contribution in [2.45, 2.75) is 51.4 Å². The molecule has 1 aliphatic carbocycles. The van der Waals surface area contributed by atoms with Crippen molar-refractivity contribution < 1.29 is 4.79 Å². The van der Waals surface area contributed by atoms with Gasteiger partial charge >= 0.3 is 0 Å². The first kappa shape index (κ1) is 12.3. The Bertz CT molecular complexity index is 362. The molecule has 1 fully saturated rings. The number of carbonyl (C=O) groups excluding carboxylic acids is 1. The van der Waals surface area contributed by atoms with E-state index < -0.39 is 0 Å². The fourth-order valence-corrected chi connectivity index (χ4v) is 2.65. The predicted molar refractivity (Wildman–Crippen MR) is 67.7 cm³/mol. The van der Waals surface area contributed by atoms with Gasteiger partial charge in [-0.05, 0) is 12.8 Å². The number of hydrogen-bond donors (Lipinski definition) is 0. The smallest absolute Gasteiger partial charge is 0.143 e. The summed E-state index contributed by atoms with van der Waals surface area (Å²) >= 11 is 0. The van der Waals surface area contributed by atoms with Gasteiger partial charge in [-0.3, -0.25) is 4.79 Å². The number of hydrogen-bond acceptors (Lipinski definition) is 2. The van der Waals surface area contributed by atoms with Crippen molar-refractivity contribution >= 4 is 5.78 Å². The Hall–Kier alpha value is -1.12. The summed E-state index contributed by atoms with van der Waals surface area (Å²) in [5.74, 6) is 1.57. The number of rotatable bonds is 3. The number of Topliss-reactive ketones (excluding diaryl/α,β-unsaturated/α-hetero) is 1. The Kier molecular flexibility index (Phi) is 4.35. The van der Waals surface area contributed by atoms with E-state index in [1.807, 2.05) is 17.8 Å². The van der Waals surface area contributed by atoms with Gasteiger partial charge in [-0.2, -0.15) is 0 Å². The third-order valence-corrected chi connectivity index (χ3v) is 3.81. The van der Waals surface area contributed by atoms with Crippen LogP contribution in [0.2, 0.25) is 0 Å². The Labute approximate surface area is 103 Å². The van der Waals surface area contributed by atoms with Crippen LogP contribution in [0.25, 0.3) is 0 Å². The van der Waals surface area contributed by atoms with Crippen LogP contribution < -0.4 is 0 Å². The Balaban J connectivity index is 1.91. The van der Waals surface area contributed by atoms with Gasteiger partial charge in [0.05, 0.1) is 6.42 Å². The van der Waals surface area contributed by atoms with Gasteiger partial charge in [-0.25, -0.2) is 4.98 Å². The third-order valence-electron chi connectivity index (χ3n) is 3.81. The quantitative estimate of drug-likeness (QED) is 0.806. The lowest BCUT2D eigenvalue weighted by Gasteiger charge is -2.18. The van der Waals surface area contributed by atoms with E-state index in [0.717, 1.165) is 18.7 Å². The molecule has 1 heterocycles. The first-order chi connectivity index (χ1) is 8.27. The minimum atomic E-state index is 0.284. The molecule has 94 valence electrons. The maximum atomic E-state index is 12.2. The van der Waals surface area contributed by atoms with Gasteiger partial charge in [-0.1, -0.05) is 32.1 Å². The van der Waals surface area contributed by atoms with Crippen LogP contribution in [-0.4, -0.2) is 15.3 Å². The van der Waals surface area contributed by atoms with Gasteiger partial charge in [0.2, 0.25) is 0 Å². The molecule has 0 unspecified atom stereocenters. The lowest BCUT2D eigenvalue weighted by atomic mass is 9.87. The minimum Gasteiger partial charge on any atom is -0.338 e. The molecule has 17 heavy (non-hydrogen) atoms. The maximum absolute atomic E-state index is 12.2. The minimum absolute atomic E-state index is 0.284. The molecular formula is C14H22N2O. The van der Waals surface area contributed by atoms with Crippen LogP contribution in [-0.2, 0) is 18.3 Å². The summed E-state index contributed by atoms with van der Waals surface area (Å²) in [5, 5.41) is 0. The molecule has 0 atom stereocenters. The lowest BCUT2D eigenvalue weighted by Crippen LogP contribution is -2.19. The van der Waals surface area contributed by atoms with Crippen molar-refractivity contribution in [1.29, 1.82) is 0 Å². The van der Waals surface area contributed by atoms with Gasteiger partial charge < -0.3 is 4.57 Å². The van der Waals surface area contributed by atoms with E-state index >= 15 is 0 Å². The van der Waals surface area contributed by atoms with Crippen molar-refractivity contribution in [2.24, 2.45) is 13.0 Å². The number of imidazole rings is 1. The Morgan fingerprint density at radius 2 is 1.94 bits per heavy atom. The Morgan fingerprint density at radius 1 is 1.29 bits per heavy atom. The second-order valence-electron chi connectivity index (χ2n) is 5.14. The van der Waals surface area contributed by atoms with Gasteiger partial charge in [0.15, 0.2) is 0 Å². The molecule has 0 radical (unpaired) electrons. The van der Waals surface area contributed by atoms with E-state index in [2.05, 4.69) is 4.98 Å². The molecule has 0 aliphatic heterocycles. The fourth-order valence-electron chi connectivity index (χ4n) is 2.65. The van der Waals surface area contributed by atoms with Crippen molar-refractivity contribution in [3.8, 4) is 0 Å². The molecular weight excluding hydrogens is 212 g/mol. The van der Waals surface area contributed by atoms with E-state index in [1.165, 1.54) is 32.1 Å². The zero-order valence-electron chi connectivity index (χ0n) is 10.7. The zero-order valence-corrected chi connectivity index (χ0v) is 10.7. The zero-order chi connectivity index (χ0) is 12.1. The molecule has 1 aromatic heterocycles. The summed E-state index contributed by atoms with van der Waals surface area (Å²) in [6, 6.07) is 0. The number of carbonyl (C=O) groups is 1. The summed E-state index contributed by atoms with van der Waals surface area (Å²) in [6.07, 6.45) is 12.7. The number of nitrogens with zero attached hydrogens (tertiary/aromatic N) is 2. The van der Waals surface area contributed by atoms with E-state index in [9.17, 15) is 4.79 Å². The normalized spacial score (nSPS) is 18.6. The second kappa shape index (κ2) is 5.99. The van der Waals surface area contributed by atoms with E-state index in [4.69, 9.17) is 0 Å². The van der Waals surface area contributed by atoms with E-state index in [-0.39, 0.29) is 5.92 Å². The highest BCUT2D eigenvalue weighted by Gasteiger charge is 2.20. The molecule has 2 rings (SSSR count). The summed E-state index contributed by atoms with van der Waals surface area (Å²) in [7, 11) is 1.95. The molecule has 0 spiro atoms. The van der Waals surface area contributed by atoms with Crippen LogP contribution in [0.5, 0.6) is 0 Å². The molecule has 1 aromatic rings. The molecule has 1 saturated carbocycles. The van der Waals surface area contributed by atoms with Gasteiger partial charge in [0.25, 0.3) is 0 Å². The van der Waals surface area contributed by atoms with Gasteiger partial charge in [0.1, 0.15) is 11.6 Å².